The Labute approximate surface area is 204 Å². The summed E-state index contributed by atoms with van der Waals surface area (Å²) in [4.78, 5) is 12.0. The van der Waals surface area contributed by atoms with Crippen molar-refractivity contribution in [2.75, 3.05) is 0 Å². The van der Waals surface area contributed by atoms with Gasteiger partial charge in [-0.15, -0.1) is 0 Å². The van der Waals surface area contributed by atoms with Gasteiger partial charge in [-0.25, -0.2) is 13.2 Å². The van der Waals surface area contributed by atoms with E-state index in [9.17, 15) is 26.5 Å². The van der Waals surface area contributed by atoms with Crippen LogP contribution in [0.5, 0.6) is 5.75 Å². The Morgan fingerprint density at radius 1 is 1.19 bits per heavy atom. The smallest absolute Gasteiger partial charge is 0.428 e. The number of fused-ring (bicyclic) bond motifs is 1. The maximum absolute atomic E-state index is 13.8. The van der Waals surface area contributed by atoms with Crippen molar-refractivity contribution >= 4 is 61.3 Å². The number of benzene rings is 1. The predicted molar refractivity (Wildman–Crippen MR) is 117 cm³/mol. The van der Waals surface area contributed by atoms with Gasteiger partial charge in [0.25, 0.3) is 0 Å². The van der Waals surface area contributed by atoms with Gasteiger partial charge in [0, 0.05) is 21.0 Å². The predicted octanol–water partition coefficient (Wildman–Crippen LogP) is 3.76. The van der Waals surface area contributed by atoms with E-state index in [1.807, 2.05) is 12.1 Å². The average Bonchev–Trinajstić information content (AvgIpc) is 2.67. The van der Waals surface area contributed by atoms with Crippen LogP contribution in [0.3, 0.4) is 0 Å². The molecule has 4 fully saturated rings. The van der Waals surface area contributed by atoms with Gasteiger partial charge in [-0.05, 0) is 89.3 Å². The monoisotopic (exact) mass is 681 g/mol. The molecule has 0 saturated heterocycles. The van der Waals surface area contributed by atoms with E-state index < -0.39 is 32.7 Å². The summed E-state index contributed by atoms with van der Waals surface area (Å²) in [5.41, 5.74) is -0.302. The number of alkyl halides is 2. The van der Waals surface area contributed by atoms with E-state index in [2.05, 4.69) is 45.2 Å². The Bertz CT molecular complexity index is 1060. The molecule has 0 aromatic heterocycles. The molecule has 6 rings (SSSR count). The number of carbonyl (C=O) groups excluding carboxylic acids is 1. The lowest BCUT2D eigenvalue weighted by Crippen LogP contribution is -2.68. The topological polar surface area (TPSA) is 102 Å². The molecule has 1 aliphatic heterocycles. The third-order valence-electron chi connectivity index (χ3n) is 6.98. The van der Waals surface area contributed by atoms with Crippen molar-refractivity contribution in [1.82, 2.24) is 0 Å². The first-order valence-corrected chi connectivity index (χ1v) is 13.3. The number of carbonyl (C=O) groups is 1. The molecule has 2 unspecified atom stereocenters. The third kappa shape index (κ3) is 3.33. The van der Waals surface area contributed by atoms with Gasteiger partial charge in [0.15, 0.2) is 10.1 Å². The summed E-state index contributed by atoms with van der Waals surface area (Å²) in [5.74, 6) is -2.74. The Balaban J connectivity index is 1.44. The maximum Gasteiger partial charge on any atom is 0.428 e. The van der Waals surface area contributed by atoms with Crippen LogP contribution in [0.15, 0.2) is 12.1 Å². The second kappa shape index (κ2) is 7.09. The van der Waals surface area contributed by atoms with Crippen molar-refractivity contribution in [2.45, 2.75) is 55.4 Å². The van der Waals surface area contributed by atoms with Gasteiger partial charge in [-0.3, -0.25) is 0 Å². The summed E-state index contributed by atoms with van der Waals surface area (Å²) in [6.45, 7) is 0.360. The van der Waals surface area contributed by atoms with Crippen LogP contribution in [0, 0.1) is 24.9 Å². The van der Waals surface area contributed by atoms with Crippen molar-refractivity contribution in [3.8, 4) is 5.75 Å². The first-order chi connectivity index (χ1) is 14.4. The van der Waals surface area contributed by atoms with Crippen LogP contribution >= 0.6 is 45.2 Å². The van der Waals surface area contributed by atoms with Gasteiger partial charge in [0.05, 0.1) is 10.2 Å². The fourth-order valence-electron chi connectivity index (χ4n) is 5.92. The number of ether oxygens (including phenoxy) is 3. The molecule has 5 aliphatic rings. The molecule has 4 aliphatic carbocycles. The molecule has 0 amide bonds. The second-order valence-corrected chi connectivity index (χ2v) is 12.5. The van der Waals surface area contributed by atoms with Crippen LogP contribution in [0.4, 0.5) is 8.78 Å². The average molecular weight is 681 g/mol. The fourth-order valence-corrected chi connectivity index (χ4v) is 7.22. The van der Waals surface area contributed by atoms with Crippen LogP contribution in [0.25, 0.3) is 0 Å². The number of hydrogen-bond donors (Lipinski definition) is 0. The standard InChI is InChI=1S/C19H18F2I2O7S/c20-19(21,31(25,26)27)16(24)30-17-5-9-3-11(6-17)18(12(4-9)7-17)28-8-10-1-2-13(22)14(23)15(10)29-18/h1-2,9,11-12H,3-8H2,(H,25,26,27)/p-1. The minimum Gasteiger partial charge on any atom is -0.743 e. The molecule has 7 nitrogen and oxygen atoms in total. The number of halogens is 4. The van der Waals surface area contributed by atoms with Crippen LogP contribution in [-0.4, -0.2) is 35.6 Å². The number of rotatable bonds is 3. The molecular weight excluding hydrogens is 664 g/mol. The minimum absolute atomic E-state index is 0.122. The quantitative estimate of drug-likeness (QED) is 0.272. The molecule has 1 aromatic carbocycles. The highest BCUT2D eigenvalue weighted by atomic mass is 127. The van der Waals surface area contributed by atoms with E-state index >= 15 is 0 Å². The summed E-state index contributed by atoms with van der Waals surface area (Å²) in [7, 11) is -6.16. The van der Waals surface area contributed by atoms with Gasteiger partial charge >= 0.3 is 11.2 Å². The van der Waals surface area contributed by atoms with E-state index in [0.29, 0.717) is 13.0 Å². The Morgan fingerprint density at radius 3 is 2.45 bits per heavy atom. The van der Waals surface area contributed by atoms with E-state index in [1.165, 1.54) is 0 Å². The highest BCUT2D eigenvalue weighted by Gasteiger charge is 2.68. The normalized spacial score (nSPS) is 36.2. The number of hydrogen-bond acceptors (Lipinski definition) is 7. The van der Waals surface area contributed by atoms with E-state index in [4.69, 9.17) is 14.2 Å². The van der Waals surface area contributed by atoms with Crippen LogP contribution < -0.4 is 4.74 Å². The summed E-state index contributed by atoms with van der Waals surface area (Å²) in [5, 5.41) is -5.11. The fraction of sp³-hybridized carbons (Fsp3) is 0.632. The van der Waals surface area contributed by atoms with Crippen molar-refractivity contribution in [2.24, 2.45) is 17.8 Å². The lowest BCUT2D eigenvalue weighted by molar-refractivity contribution is -0.338. The first kappa shape index (κ1) is 22.5. The van der Waals surface area contributed by atoms with Gasteiger partial charge in [-0.1, -0.05) is 6.07 Å². The lowest BCUT2D eigenvalue weighted by Gasteiger charge is -2.63. The van der Waals surface area contributed by atoms with E-state index in [-0.39, 0.29) is 30.6 Å². The Morgan fingerprint density at radius 2 is 1.84 bits per heavy atom. The third-order valence-corrected chi connectivity index (χ3v) is 10.8. The molecule has 2 atom stereocenters. The first-order valence-electron chi connectivity index (χ1n) is 9.73. The zero-order valence-electron chi connectivity index (χ0n) is 15.9. The maximum atomic E-state index is 13.8. The molecule has 31 heavy (non-hydrogen) atoms. The van der Waals surface area contributed by atoms with E-state index in [0.717, 1.165) is 31.3 Å². The van der Waals surface area contributed by atoms with E-state index in [1.54, 1.807) is 0 Å². The zero-order chi connectivity index (χ0) is 22.4. The Kier molecular flexibility index (Phi) is 5.14. The molecule has 0 radical (unpaired) electrons. The van der Waals surface area contributed by atoms with Crippen molar-refractivity contribution in [3.05, 3.63) is 24.8 Å². The molecule has 4 saturated carbocycles. The van der Waals surface area contributed by atoms with Gasteiger partial charge in [-0.2, -0.15) is 8.78 Å². The molecule has 4 bridgehead atoms. The Hall–Kier alpha value is -0.320. The van der Waals surface area contributed by atoms with Crippen molar-refractivity contribution in [1.29, 1.82) is 0 Å². The molecule has 1 aromatic rings. The van der Waals surface area contributed by atoms with Crippen molar-refractivity contribution in [3.63, 3.8) is 0 Å². The highest BCUT2D eigenvalue weighted by molar-refractivity contribution is 14.1. The van der Waals surface area contributed by atoms with Crippen molar-refractivity contribution < 1.29 is 40.8 Å². The van der Waals surface area contributed by atoms with Gasteiger partial charge in [0.1, 0.15) is 11.4 Å². The lowest BCUT2D eigenvalue weighted by atomic mass is 9.51. The second-order valence-electron chi connectivity index (χ2n) is 8.85. The molecule has 1 spiro atoms. The molecule has 1 heterocycles. The van der Waals surface area contributed by atoms with Crippen LogP contribution in [-0.2, 0) is 31.0 Å². The molecule has 0 N–H and O–H groups in total. The summed E-state index contributed by atoms with van der Waals surface area (Å²) < 4.78 is 80.0. The molecule has 12 heteroatoms. The summed E-state index contributed by atoms with van der Waals surface area (Å²) in [6.07, 6.45) is 2.28. The SMILES string of the molecule is O=C(OC12CC3CC(C1)C1(OCc4ccc(I)c(I)c4O1)C(C3)C2)C(F)(F)S(=O)(=O)[O-]. The van der Waals surface area contributed by atoms with Gasteiger partial charge in [0.2, 0.25) is 5.79 Å². The largest absolute Gasteiger partial charge is 0.743 e. The molecular formula is C19H17F2I2O7S-. The summed E-state index contributed by atoms with van der Waals surface area (Å²) >= 11 is 4.46. The summed E-state index contributed by atoms with van der Waals surface area (Å²) in [6, 6.07) is 3.94. The minimum atomic E-state index is -6.16. The van der Waals surface area contributed by atoms with Crippen LogP contribution in [0.2, 0.25) is 0 Å². The number of esters is 1. The molecule has 170 valence electrons. The highest BCUT2D eigenvalue weighted by Crippen LogP contribution is 2.64. The van der Waals surface area contributed by atoms with Gasteiger partial charge < -0.3 is 18.8 Å². The van der Waals surface area contributed by atoms with Crippen LogP contribution in [0.1, 0.15) is 37.7 Å². The zero-order valence-corrected chi connectivity index (χ0v) is 21.0.